The van der Waals surface area contributed by atoms with Crippen molar-refractivity contribution >= 4 is 5.91 Å². The van der Waals surface area contributed by atoms with Crippen molar-refractivity contribution in [2.75, 3.05) is 13.7 Å². The first-order chi connectivity index (χ1) is 13.7. The molecule has 2 aromatic carbocycles. The van der Waals surface area contributed by atoms with Crippen LogP contribution in [0.25, 0.3) is 0 Å². The Morgan fingerprint density at radius 2 is 1.83 bits per heavy atom. The number of para-hydroxylation sites is 1. The summed E-state index contributed by atoms with van der Waals surface area (Å²) in [7, 11) is 1.61. The zero-order valence-corrected chi connectivity index (χ0v) is 18.0. The number of hydrogen-bond acceptors (Lipinski definition) is 4. The van der Waals surface area contributed by atoms with E-state index < -0.39 is 5.79 Å². The molecular formula is C24H31NO4. The molecule has 1 saturated heterocycles. The van der Waals surface area contributed by atoms with E-state index in [1.54, 1.807) is 7.11 Å². The van der Waals surface area contributed by atoms with Gasteiger partial charge in [0.15, 0.2) is 5.79 Å². The minimum absolute atomic E-state index is 0.0415. The fourth-order valence-corrected chi connectivity index (χ4v) is 3.47. The summed E-state index contributed by atoms with van der Waals surface area (Å²) in [5.74, 6) is 0.250. The van der Waals surface area contributed by atoms with Gasteiger partial charge in [-0.15, -0.1) is 0 Å². The van der Waals surface area contributed by atoms with Crippen LogP contribution in [0.5, 0.6) is 5.75 Å². The minimum Gasteiger partial charge on any atom is -0.496 e. The number of methoxy groups -OCH3 is 1. The first kappa shape index (κ1) is 21.3. The van der Waals surface area contributed by atoms with E-state index in [4.69, 9.17) is 14.2 Å². The minimum atomic E-state index is -0.762. The molecule has 1 amide bonds. The average molecular weight is 398 g/mol. The molecule has 2 aromatic rings. The highest BCUT2D eigenvalue weighted by atomic mass is 16.7. The van der Waals surface area contributed by atoms with Crippen molar-refractivity contribution < 1.29 is 19.0 Å². The number of rotatable bonds is 6. The van der Waals surface area contributed by atoms with E-state index in [1.807, 2.05) is 55.5 Å². The number of ether oxygens (including phenoxy) is 3. The van der Waals surface area contributed by atoms with Crippen LogP contribution in [0.3, 0.4) is 0 Å². The second-order valence-corrected chi connectivity index (χ2v) is 8.33. The lowest BCUT2D eigenvalue weighted by molar-refractivity contribution is -0.337. The third-order valence-electron chi connectivity index (χ3n) is 5.76. The molecule has 2 atom stereocenters. The maximum Gasteiger partial charge on any atom is 0.224 e. The monoisotopic (exact) mass is 397 g/mol. The van der Waals surface area contributed by atoms with Gasteiger partial charge in [0.2, 0.25) is 5.91 Å². The molecule has 1 N–H and O–H groups in total. The van der Waals surface area contributed by atoms with Gasteiger partial charge >= 0.3 is 0 Å². The Bertz CT molecular complexity index is 846. The molecule has 0 aromatic heterocycles. The SMILES string of the molecule is COc1ccccc1CC(=O)NCc1ccc(C2(C)OCC(C)C(C)(C)O2)cc1. The predicted molar refractivity (Wildman–Crippen MR) is 113 cm³/mol. The lowest BCUT2D eigenvalue weighted by Gasteiger charge is -2.47. The van der Waals surface area contributed by atoms with Gasteiger partial charge in [-0.2, -0.15) is 0 Å². The number of hydrogen-bond donors (Lipinski definition) is 1. The van der Waals surface area contributed by atoms with Crippen LogP contribution in [-0.4, -0.2) is 25.2 Å². The van der Waals surface area contributed by atoms with Crippen LogP contribution in [0.1, 0.15) is 44.4 Å². The van der Waals surface area contributed by atoms with Crippen LogP contribution in [-0.2, 0) is 33.0 Å². The fraction of sp³-hybridized carbons (Fsp3) is 0.458. The summed E-state index contributed by atoms with van der Waals surface area (Å²) in [6.45, 7) is 9.43. The quantitative estimate of drug-likeness (QED) is 0.794. The zero-order valence-electron chi connectivity index (χ0n) is 18.0. The Hall–Kier alpha value is -2.37. The van der Waals surface area contributed by atoms with Crippen LogP contribution >= 0.6 is 0 Å². The number of nitrogens with one attached hydrogen (secondary N) is 1. The Balaban J connectivity index is 1.59. The second-order valence-electron chi connectivity index (χ2n) is 8.33. The maximum absolute atomic E-state index is 12.3. The first-order valence-electron chi connectivity index (χ1n) is 10.1. The smallest absolute Gasteiger partial charge is 0.224 e. The molecule has 1 heterocycles. The summed E-state index contributed by atoms with van der Waals surface area (Å²) in [6, 6.07) is 15.6. The largest absolute Gasteiger partial charge is 0.496 e. The molecule has 2 unspecified atom stereocenters. The summed E-state index contributed by atoms with van der Waals surface area (Å²) in [5.41, 5.74) is 2.62. The Labute approximate surface area is 173 Å². The highest BCUT2D eigenvalue weighted by molar-refractivity contribution is 5.79. The van der Waals surface area contributed by atoms with E-state index in [2.05, 4.69) is 26.1 Å². The van der Waals surface area contributed by atoms with Crippen molar-refractivity contribution in [2.24, 2.45) is 5.92 Å². The van der Waals surface area contributed by atoms with Gasteiger partial charge in [-0.05, 0) is 32.4 Å². The van der Waals surface area contributed by atoms with E-state index in [0.717, 1.165) is 22.4 Å². The molecule has 0 bridgehead atoms. The van der Waals surface area contributed by atoms with E-state index in [1.165, 1.54) is 0 Å². The van der Waals surface area contributed by atoms with Gasteiger partial charge in [0, 0.05) is 23.6 Å². The van der Waals surface area contributed by atoms with Gasteiger partial charge in [-0.1, -0.05) is 49.4 Å². The number of carbonyl (C=O) groups is 1. The second kappa shape index (κ2) is 8.56. The van der Waals surface area contributed by atoms with Gasteiger partial charge in [0.05, 0.1) is 25.7 Å². The summed E-state index contributed by atoms with van der Waals surface area (Å²) in [4.78, 5) is 12.3. The van der Waals surface area contributed by atoms with Crippen LogP contribution in [0, 0.1) is 5.92 Å². The number of amides is 1. The topological polar surface area (TPSA) is 56.8 Å². The molecule has 1 aliphatic heterocycles. The summed E-state index contributed by atoms with van der Waals surface area (Å²) in [5, 5.41) is 2.97. The molecule has 1 fully saturated rings. The van der Waals surface area contributed by atoms with Crippen molar-refractivity contribution in [2.45, 2.75) is 52.0 Å². The Kier molecular flexibility index (Phi) is 6.30. The Morgan fingerprint density at radius 3 is 2.48 bits per heavy atom. The molecule has 5 heteroatoms. The van der Waals surface area contributed by atoms with Gasteiger partial charge in [-0.3, -0.25) is 4.79 Å². The highest BCUT2D eigenvalue weighted by Gasteiger charge is 2.43. The summed E-state index contributed by atoms with van der Waals surface area (Å²) < 4.78 is 17.6. The molecular weight excluding hydrogens is 366 g/mol. The van der Waals surface area contributed by atoms with E-state index in [-0.39, 0.29) is 17.9 Å². The molecule has 1 aliphatic rings. The van der Waals surface area contributed by atoms with Gasteiger partial charge in [-0.25, -0.2) is 0 Å². The van der Waals surface area contributed by atoms with Crippen molar-refractivity contribution in [3.8, 4) is 5.75 Å². The van der Waals surface area contributed by atoms with Crippen molar-refractivity contribution in [3.05, 3.63) is 65.2 Å². The van der Waals surface area contributed by atoms with Crippen molar-refractivity contribution in [1.82, 2.24) is 5.32 Å². The third-order valence-corrected chi connectivity index (χ3v) is 5.76. The zero-order chi connectivity index (χ0) is 21.1. The molecule has 0 aliphatic carbocycles. The molecule has 0 spiro atoms. The molecule has 156 valence electrons. The maximum atomic E-state index is 12.3. The summed E-state index contributed by atoms with van der Waals surface area (Å²) in [6.07, 6.45) is 0.287. The fourth-order valence-electron chi connectivity index (χ4n) is 3.47. The molecule has 0 radical (unpaired) electrons. The van der Waals surface area contributed by atoms with Crippen LogP contribution in [0.2, 0.25) is 0 Å². The molecule has 29 heavy (non-hydrogen) atoms. The normalized spacial score (nSPS) is 23.4. The van der Waals surface area contributed by atoms with Gasteiger partial charge < -0.3 is 19.5 Å². The highest BCUT2D eigenvalue weighted by Crippen LogP contribution is 2.40. The van der Waals surface area contributed by atoms with E-state index in [9.17, 15) is 4.79 Å². The van der Waals surface area contributed by atoms with E-state index in [0.29, 0.717) is 19.1 Å². The predicted octanol–water partition coefficient (Wildman–Crippen LogP) is 4.19. The first-order valence-corrected chi connectivity index (χ1v) is 10.1. The van der Waals surface area contributed by atoms with Gasteiger partial charge in [0.1, 0.15) is 5.75 Å². The number of benzene rings is 2. The Morgan fingerprint density at radius 1 is 1.14 bits per heavy atom. The van der Waals surface area contributed by atoms with Crippen molar-refractivity contribution in [3.63, 3.8) is 0 Å². The molecule has 3 rings (SSSR count). The number of carbonyl (C=O) groups excluding carboxylic acids is 1. The lowest BCUT2D eigenvalue weighted by atomic mass is 9.90. The van der Waals surface area contributed by atoms with Crippen LogP contribution in [0.15, 0.2) is 48.5 Å². The lowest BCUT2D eigenvalue weighted by Crippen LogP contribution is -2.50. The molecule has 5 nitrogen and oxygen atoms in total. The third kappa shape index (κ3) is 4.98. The average Bonchev–Trinajstić information content (AvgIpc) is 2.70. The van der Waals surface area contributed by atoms with E-state index >= 15 is 0 Å². The van der Waals surface area contributed by atoms with Gasteiger partial charge in [0.25, 0.3) is 0 Å². The van der Waals surface area contributed by atoms with Crippen molar-refractivity contribution in [1.29, 1.82) is 0 Å². The standard InChI is InChI=1S/C24H31NO4/c1-17-16-28-24(4,29-23(17,2)3)20-12-10-18(11-13-20)15-25-22(26)14-19-8-6-7-9-21(19)27-5/h6-13,17H,14-16H2,1-5H3,(H,25,26). The van der Waals surface area contributed by atoms with Crippen LogP contribution in [0.4, 0.5) is 0 Å². The van der Waals surface area contributed by atoms with Crippen LogP contribution < -0.4 is 10.1 Å². The summed E-state index contributed by atoms with van der Waals surface area (Å²) >= 11 is 0. The molecule has 0 saturated carbocycles.